The quantitative estimate of drug-likeness (QED) is 0.655. The Bertz CT molecular complexity index is 1120. The van der Waals surface area contributed by atoms with Gasteiger partial charge < -0.3 is 15.2 Å². The van der Waals surface area contributed by atoms with Crippen LogP contribution in [0, 0.1) is 5.41 Å². The second kappa shape index (κ2) is 6.81. The summed E-state index contributed by atoms with van der Waals surface area (Å²) in [4.78, 5) is 6.77. The largest absolute Gasteiger partial charge is 0.497 e. The lowest BCUT2D eigenvalue weighted by molar-refractivity contribution is 0.170. The number of aliphatic hydroxyl groups is 1. The van der Waals surface area contributed by atoms with E-state index in [9.17, 15) is 5.11 Å². The van der Waals surface area contributed by atoms with E-state index in [-0.39, 0.29) is 17.6 Å². The topological polar surface area (TPSA) is 57.6 Å². The summed E-state index contributed by atoms with van der Waals surface area (Å²) in [7, 11) is 1.69. The standard InChI is InChI=1S/C26H27N3O2/c1-31-21-5-2-19(3-6-21)20-4-7-23-22(14-20)24-25(16-26(25,17-30)28-23)10-13-29(24)15-18-8-11-27-12-9-18/h2-9,11-12,14,24,28,30H,10,13,15-17H2,1H3/t24-,25+,26?/m1/s1. The van der Waals surface area contributed by atoms with Crippen LogP contribution in [0.4, 0.5) is 5.69 Å². The van der Waals surface area contributed by atoms with Crippen LogP contribution in [-0.4, -0.2) is 40.8 Å². The Kier molecular flexibility index (Phi) is 4.14. The van der Waals surface area contributed by atoms with E-state index in [2.05, 4.69) is 57.7 Å². The van der Waals surface area contributed by atoms with Crippen LogP contribution in [-0.2, 0) is 6.54 Å². The number of hydrogen-bond acceptors (Lipinski definition) is 5. The molecule has 2 aromatic carbocycles. The number of aromatic nitrogens is 1. The van der Waals surface area contributed by atoms with E-state index < -0.39 is 0 Å². The SMILES string of the molecule is COc1ccc(-c2ccc3c(c2)[C@H]2N(Cc4ccncc4)CC[C@]24CC4(CO)N3)cc1. The Balaban J connectivity index is 1.41. The van der Waals surface area contributed by atoms with Crippen LogP contribution in [0.5, 0.6) is 5.75 Å². The number of ether oxygens (including phenoxy) is 1. The number of anilines is 1. The summed E-state index contributed by atoms with van der Waals surface area (Å²) in [6, 6.07) is 19.5. The molecule has 2 fully saturated rings. The van der Waals surface area contributed by atoms with E-state index in [1.54, 1.807) is 7.11 Å². The third-order valence-corrected chi connectivity index (χ3v) is 7.73. The van der Waals surface area contributed by atoms with Crippen molar-refractivity contribution in [3.05, 3.63) is 78.1 Å². The van der Waals surface area contributed by atoms with Crippen LogP contribution in [0.25, 0.3) is 11.1 Å². The summed E-state index contributed by atoms with van der Waals surface area (Å²) in [5.74, 6) is 0.868. The van der Waals surface area contributed by atoms with Gasteiger partial charge in [-0.15, -0.1) is 0 Å². The Morgan fingerprint density at radius 2 is 1.87 bits per heavy atom. The molecular weight excluding hydrogens is 386 g/mol. The minimum Gasteiger partial charge on any atom is -0.497 e. The fourth-order valence-electron chi connectivity index (χ4n) is 6.07. The summed E-state index contributed by atoms with van der Waals surface area (Å²) >= 11 is 0. The number of nitrogens with zero attached hydrogens (tertiary/aromatic N) is 2. The molecule has 0 amide bonds. The Labute approximate surface area is 182 Å². The van der Waals surface area contributed by atoms with Gasteiger partial charge in [0.25, 0.3) is 0 Å². The van der Waals surface area contributed by atoms with E-state index in [1.807, 2.05) is 24.5 Å². The molecule has 3 aromatic rings. The van der Waals surface area contributed by atoms with Gasteiger partial charge in [-0.3, -0.25) is 9.88 Å². The summed E-state index contributed by atoms with van der Waals surface area (Å²) in [5.41, 5.74) is 6.12. The zero-order chi connectivity index (χ0) is 21.1. The number of benzene rings is 2. The number of nitrogens with one attached hydrogen (secondary N) is 1. The summed E-state index contributed by atoms with van der Waals surface area (Å²) < 4.78 is 5.32. The van der Waals surface area contributed by atoms with Gasteiger partial charge in [0, 0.05) is 36.1 Å². The van der Waals surface area contributed by atoms with Gasteiger partial charge in [0.2, 0.25) is 0 Å². The molecule has 1 aliphatic carbocycles. The van der Waals surface area contributed by atoms with Gasteiger partial charge in [-0.2, -0.15) is 0 Å². The van der Waals surface area contributed by atoms with E-state index >= 15 is 0 Å². The van der Waals surface area contributed by atoms with Gasteiger partial charge in [-0.25, -0.2) is 0 Å². The average molecular weight is 414 g/mol. The molecule has 1 unspecified atom stereocenters. The summed E-state index contributed by atoms with van der Waals surface area (Å²) in [6.07, 6.45) is 5.88. The Hall–Kier alpha value is -2.89. The van der Waals surface area contributed by atoms with Gasteiger partial charge in [-0.1, -0.05) is 18.2 Å². The highest BCUT2D eigenvalue weighted by Crippen LogP contribution is 2.73. The van der Waals surface area contributed by atoms with E-state index in [4.69, 9.17) is 4.74 Å². The third kappa shape index (κ3) is 2.73. The lowest BCUT2D eigenvalue weighted by Crippen LogP contribution is -2.41. The monoisotopic (exact) mass is 413 g/mol. The van der Waals surface area contributed by atoms with Crippen LogP contribution in [0.2, 0.25) is 0 Å². The predicted octanol–water partition coefficient (Wildman–Crippen LogP) is 4.25. The highest BCUT2D eigenvalue weighted by atomic mass is 16.5. The van der Waals surface area contributed by atoms with Crippen LogP contribution in [0.1, 0.15) is 30.0 Å². The molecule has 1 saturated carbocycles. The van der Waals surface area contributed by atoms with Gasteiger partial charge >= 0.3 is 0 Å². The fraction of sp³-hybridized carbons (Fsp3) is 0.346. The number of methoxy groups -OCH3 is 1. The molecule has 2 N–H and O–H groups in total. The van der Waals surface area contributed by atoms with Gasteiger partial charge in [0.05, 0.1) is 19.3 Å². The predicted molar refractivity (Wildman–Crippen MR) is 121 cm³/mol. The molecule has 0 bridgehead atoms. The molecule has 2 aliphatic heterocycles. The maximum absolute atomic E-state index is 10.3. The molecule has 5 heteroatoms. The van der Waals surface area contributed by atoms with Crippen LogP contribution >= 0.6 is 0 Å². The summed E-state index contributed by atoms with van der Waals surface area (Å²) in [5, 5.41) is 14.1. The Morgan fingerprint density at radius 3 is 2.61 bits per heavy atom. The van der Waals surface area contributed by atoms with Crippen molar-refractivity contribution in [1.82, 2.24) is 9.88 Å². The molecule has 1 aromatic heterocycles. The third-order valence-electron chi connectivity index (χ3n) is 7.73. The highest BCUT2D eigenvalue weighted by Gasteiger charge is 2.75. The molecular formula is C26H27N3O2. The van der Waals surface area contributed by atoms with Crippen molar-refractivity contribution in [2.75, 3.05) is 25.6 Å². The molecule has 6 rings (SSSR count). The molecule has 3 heterocycles. The maximum atomic E-state index is 10.3. The van der Waals surface area contributed by atoms with Crippen molar-refractivity contribution in [3.8, 4) is 16.9 Å². The van der Waals surface area contributed by atoms with Crippen molar-refractivity contribution < 1.29 is 9.84 Å². The first-order chi connectivity index (χ1) is 15.2. The molecule has 0 radical (unpaired) electrons. The number of likely N-dealkylation sites (tertiary alicyclic amines) is 1. The van der Waals surface area contributed by atoms with Gasteiger partial charge in [-0.05, 0) is 78.0 Å². The number of pyridine rings is 1. The first-order valence-corrected chi connectivity index (χ1v) is 11.0. The molecule has 158 valence electrons. The lowest BCUT2D eigenvalue weighted by atomic mass is 9.81. The average Bonchev–Trinajstić information content (AvgIpc) is 3.35. The first kappa shape index (κ1) is 18.8. The van der Waals surface area contributed by atoms with E-state index in [0.29, 0.717) is 6.04 Å². The molecule has 1 spiro atoms. The molecule has 3 atom stereocenters. The molecule has 1 saturated heterocycles. The van der Waals surface area contributed by atoms with Crippen LogP contribution in [0.3, 0.4) is 0 Å². The maximum Gasteiger partial charge on any atom is 0.118 e. The number of fused-ring (bicyclic) bond motifs is 2. The Morgan fingerprint density at radius 1 is 1.10 bits per heavy atom. The van der Waals surface area contributed by atoms with Gasteiger partial charge in [0.15, 0.2) is 0 Å². The van der Waals surface area contributed by atoms with Crippen LogP contribution < -0.4 is 10.1 Å². The van der Waals surface area contributed by atoms with Crippen molar-refractivity contribution >= 4 is 5.69 Å². The number of rotatable bonds is 5. The lowest BCUT2D eigenvalue weighted by Gasteiger charge is -2.39. The highest BCUT2D eigenvalue weighted by molar-refractivity contribution is 5.73. The zero-order valence-corrected chi connectivity index (χ0v) is 17.7. The second-order valence-electron chi connectivity index (χ2n) is 9.21. The number of hydrogen-bond donors (Lipinski definition) is 2. The first-order valence-electron chi connectivity index (χ1n) is 11.0. The number of aliphatic hydroxyl groups excluding tert-OH is 1. The van der Waals surface area contributed by atoms with E-state index in [0.717, 1.165) is 37.4 Å². The van der Waals surface area contributed by atoms with E-state index in [1.165, 1.54) is 22.3 Å². The zero-order valence-electron chi connectivity index (χ0n) is 17.7. The van der Waals surface area contributed by atoms with Crippen molar-refractivity contribution in [3.63, 3.8) is 0 Å². The van der Waals surface area contributed by atoms with Crippen molar-refractivity contribution in [2.45, 2.75) is 31.0 Å². The molecule has 5 nitrogen and oxygen atoms in total. The smallest absolute Gasteiger partial charge is 0.118 e. The normalized spacial score (nSPS) is 28.3. The fourth-order valence-corrected chi connectivity index (χ4v) is 6.07. The summed E-state index contributed by atoms with van der Waals surface area (Å²) in [6.45, 7) is 2.14. The van der Waals surface area contributed by atoms with Crippen LogP contribution in [0.15, 0.2) is 67.0 Å². The minimum atomic E-state index is -0.181. The molecule has 31 heavy (non-hydrogen) atoms. The van der Waals surface area contributed by atoms with Crippen molar-refractivity contribution in [2.24, 2.45) is 5.41 Å². The molecule has 3 aliphatic rings. The second-order valence-corrected chi connectivity index (χ2v) is 9.21. The minimum absolute atomic E-state index is 0.111. The van der Waals surface area contributed by atoms with Crippen molar-refractivity contribution in [1.29, 1.82) is 0 Å². The van der Waals surface area contributed by atoms with Gasteiger partial charge in [0.1, 0.15) is 5.75 Å².